The molecule has 0 fully saturated rings. The highest BCUT2D eigenvalue weighted by molar-refractivity contribution is 5.37. The number of aromatic nitrogens is 4. The van der Waals surface area contributed by atoms with Crippen molar-refractivity contribution < 1.29 is 0 Å². The lowest BCUT2D eigenvalue weighted by atomic mass is 10.3. The van der Waals surface area contributed by atoms with Crippen LogP contribution in [0.2, 0.25) is 0 Å². The van der Waals surface area contributed by atoms with Gasteiger partial charge in [-0.25, -0.2) is 0 Å². The number of pyridine rings is 1. The molecule has 0 saturated heterocycles. The highest BCUT2D eigenvalue weighted by atomic mass is 15.3. The average molecular weight is 241 g/mol. The van der Waals surface area contributed by atoms with Crippen LogP contribution in [0.4, 0.5) is 0 Å². The van der Waals surface area contributed by atoms with E-state index < -0.39 is 0 Å². The van der Waals surface area contributed by atoms with Crippen molar-refractivity contribution in [1.29, 1.82) is 0 Å². The summed E-state index contributed by atoms with van der Waals surface area (Å²) in [6, 6.07) is 10.1. The number of H-pyrrole nitrogens is 1. The van der Waals surface area contributed by atoms with E-state index in [0.29, 0.717) is 0 Å². The Morgan fingerprint density at radius 2 is 2.22 bits per heavy atom. The fourth-order valence-corrected chi connectivity index (χ4v) is 1.99. The molecule has 0 aliphatic carbocycles. The fraction of sp³-hybridized carbons (Fsp3) is 0.231. The Balaban J connectivity index is 1.77. The lowest BCUT2D eigenvalue weighted by molar-refractivity contribution is 0.537. The number of fused-ring (bicyclic) bond motifs is 1. The standard InChI is InChI=1S/C13H15N5/c1-10(15-9-11-5-4-7-14-11)13-17-16-12-6-2-3-8-18(12)13/h2-8,10,14-15H,9H2,1H3. The van der Waals surface area contributed by atoms with Gasteiger partial charge < -0.3 is 10.3 Å². The van der Waals surface area contributed by atoms with Crippen molar-refractivity contribution in [3.8, 4) is 0 Å². The summed E-state index contributed by atoms with van der Waals surface area (Å²) in [5.74, 6) is 0.928. The Bertz CT molecular complexity index is 626. The summed E-state index contributed by atoms with van der Waals surface area (Å²) in [5, 5.41) is 11.8. The predicted octanol–water partition coefficient (Wildman–Crippen LogP) is 1.91. The van der Waals surface area contributed by atoms with Crippen LogP contribution in [0.15, 0.2) is 42.7 Å². The zero-order valence-electron chi connectivity index (χ0n) is 10.2. The summed E-state index contributed by atoms with van der Waals surface area (Å²) >= 11 is 0. The van der Waals surface area contributed by atoms with E-state index in [-0.39, 0.29) is 6.04 Å². The van der Waals surface area contributed by atoms with Gasteiger partial charge in [0.15, 0.2) is 11.5 Å². The third-order valence-electron chi connectivity index (χ3n) is 2.99. The summed E-state index contributed by atoms with van der Waals surface area (Å²) in [6.07, 6.45) is 3.91. The van der Waals surface area contributed by atoms with Crippen LogP contribution in [0.5, 0.6) is 0 Å². The minimum atomic E-state index is 0.144. The van der Waals surface area contributed by atoms with Gasteiger partial charge in [0, 0.05) is 24.6 Å². The zero-order valence-corrected chi connectivity index (χ0v) is 10.2. The van der Waals surface area contributed by atoms with Crippen molar-refractivity contribution in [2.45, 2.75) is 19.5 Å². The molecule has 0 spiro atoms. The van der Waals surface area contributed by atoms with Crippen LogP contribution in [-0.2, 0) is 6.54 Å². The van der Waals surface area contributed by atoms with Crippen molar-refractivity contribution >= 4 is 5.65 Å². The maximum absolute atomic E-state index is 4.24. The molecule has 0 saturated carbocycles. The second-order valence-electron chi connectivity index (χ2n) is 4.28. The van der Waals surface area contributed by atoms with E-state index in [1.807, 2.05) is 41.1 Å². The number of nitrogens with one attached hydrogen (secondary N) is 2. The molecule has 3 aromatic heterocycles. The van der Waals surface area contributed by atoms with Crippen LogP contribution in [0, 0.1) is 0 Å². The SMILES string of the molecule is CC(NCc1ccc[nH]1)c1nnc2ccccn12. The molecule has 3 heterocycles. The maximum Gasteiger partial charge on any atom is 0.160 e. The van der Waals surface area contributed by atoms with E-state index in [4.69, 9.17) is 0 Å². The highest BCUT2D eigenvalue weighted by Crippen LogP contribution is 2.12. The minimum Gasteiger partial charge on any atom is -0.364 e. The first-order valence-electron chi connectivity index (χ1n) is 6.00. The summed E-state index contributed by atoms with van der Waals surface area (Å²) in [6.45, 7) is 2.88. The highest BCUT2D eigenvalue weighted by Gasteiger charge is 2.12. The number of hydrogen-bond acceptors (Lipinski definition) is 3. The summed E-state index contributed by atoms with van der Waals surface area (Å²) < 4.78 is 2.01. The van der Waals surface area contributed by atoms with Gasteiger partial charge in [-0.1, -0.05) is 6.07 Å². The first-order chi connectivity index (χ1) is 8.84. The Morgan fingerprint density at radius 1 is 1.28 bits per heavy atom. The Kier molecular flexibility index (Phi) is 2.82. The molecule has 0 aliphatic rings. The van der Waals surface area contributed by atoms with Gasteiger partial charge in [0.25, 0.3) is 0 Å². The molecule has 3 aromatic rings. The van der Waals surface area contributed by atoms with E-state index in [9.17, 15) is 0 Å². The molecule has 5 heteroatoms. The van der Waals surface area contributed by atoms with E-state index >= 15 is 0 Å². The molecule has 18 heavy (non-hydrogen) atoms. The van der Waals surface area contributed by atoms with Gasteiger partial charge in [-0.15, -0.1) is 10.2 Å². The monoisotopic (exact) mass is 241 g/mol. The smallest absolute Gasteiger partial charge is 0.160 e. The van der Waals surface area contributed by atoms with Gasteiger partial charge >= 0.3 is 0 Å². The van der Waals surface area contributed by atoms with Gasteiger partial charge in [0.1, 0.15) is 0 Å². The zero-order chi connectivity index (χ0) is 12.4. The molecule has 1 unspecified atom stereocenters. The number of nitrogens with zero attached hydrogens (tertiary/aromatic N) is 3. The van der Waals surface area contributed by atoms with E-state index in [0.717, 1.165) is 23.7 Å². The molecule has 0 bridgehead atoms. The van der Waals surface area contributed by atoms with Crippen LogP contribution < -0.4 is 5.32 Å². The first-order valence-corrected chi connectivity index (χ1v) is 6.00. The maximum atomic E-state index is 4.24. The van der Waals surface area contributed by atoms with Crippen molar-refractivity contribution in [1.82, 2.24) is 24.9 Å². The second-order valence-corrected chi connectivity index (χ2v) is 4.28. The third-order valence-corrected chi connectivity index (χ3v) is 2.99. The number of hydrogen-bond donors (Lipinski definition) is 2. The summed E-state index contributed by atoms with van der Waals surface area (Å²) in [5.41, 5.74) is 2.04. The first kappa shape index (κ1) is 11.0. The molecular weight excluding hydrogens is 226 g/mol. The van der Waals surface area contributed by atoms with Crippen LogP contribution in [0.1, 0.15) is 24.5 Å². The Morgan fingerprint density at radius 3 is 3.06 bits per heavy atom. The molecule has 0 amide bonds. The van der Waals surface area contributed by atoms with Crippen molar-refractivity contribution in [3.05, 3.63) is 54.2 Å². The molecular formula is C13H15N5. The minimum absolute atomic E-state index is 0.144. The molecule has 92 valence electrons. The van der Waals surface area contributed by atoms with Gasteiger partial charge in [-0.2, -0.15) is 0 Å². The predicted molar refractivity (Wildman–Crippen MR) is 69.0 cm³/mol. The van der Waals surface area contributed by atoms with Crippen LogP contribution in [0.25, 0.3) is 5.65 Å². The molecule has 2 N–H and O–H groups in total. The lowest BCUT2D eigenvalue weighted by Gasteiger charge is -2.11. The fourth-order valence-electron chi connectivity index (χ4n) is 1.99. The third kappa shape index (κ3) is 2.00. The van der Waals surface area contributed by atoms with Crippen molar-refractivity contribution in [2.75, 3.05) is 0 Å². The normalized spacial score (nSPS) is 12.9. The topological polar surface area (TPSA) is 58.0 Å². The molecule has 3 rings (SSSR count). The molecule has 1 atom stereocenters. The van der Waals surface area contributed by atoms with E-state index in [1.165, 1.54) is 0 Å². The molecule has 0 radical (unpaired) electrons. The number of rotatable bonds is 4. The van der Waals surface area contributed by atoms with Crippen LogP contribution in [0.3, 0.4) is 0 Å². The lowest BCUT2D eigenvalue weighted by Crippen LogP contribution is -2.20. The largest absolute Gasteiger partial charge is 0.364 e. The van der Waals surface area contributed by atoms with Crippen LogP contribution >= 0.6 is 0 Å². The van der Waals surface area contributed by atoms with E-state index in [1.54, 1.807) is 0 Å². The van der Waals surface area contributed by atoms with Gasteiger partial charge in [-0.3, -0.25) is 4.40 Å². The van der Waals surface area contributed by atoms with Crippen LogP contribution in [-0.4, -0.2) is 19.6 Å². The Labute approximate surface area is 105 Å². The van der Waals surface area contributed by atoms with Gasteiger partial charge in [-0.05, 0) is 31.2 Å². The Hall–Kier alpha value is -2.14. The van der Waals surface area contributed by atoms with Crippen molar-refractivity contribution in [3.63, 3.8) is 0 Å². The van der Waals surface area contributed by atoms with Crippen molar-refractivity contribution in [2.24, 2.45) is 0 Å². The summed E-state index contributed by atoms with van der Waals surface area (Å²) in [7, 11) is 0. The molecule has 5 nitrogen and oxygen atoms in total. The van der Waals surface area contributed by atoms with Gasteiger partial charge in [0.2, 0.25) is 0 Å². The summed E-state index contributed by atoms with van der Waals surface area (Å²) in [4.78, 5) is 3.17. The van der Waals surface area contributed by atoms with Gasteiger partial charge in [0.05, 0.1) is 6.04 Å². The second kappa shape index (κ2) is 4.62. The number of aromatic amines is 1. The average Bonchev–Trinajstić information content (AvgIpc) is 3.05. The molecule has 0 aromatic carbocycles. The molecule has 0 aliphatic heterocycles. The van der Waals surface area contributed by atoms with E-state index in [2.05, 4.69) is 33.5 Å². The quantitative estimate of drug-likeness (QED) is 0.733.